The lowest BCUT2D eigenvalue weighted by Gasteiger charge is -2.04. The number of esters is 1. The molecule has 0 aromatic heterocycles. The molecule has 1 saturated carbocycles. The molecule has 0 spiro atoms. The summed E-state index contributed by atoms with van der Waals surface area (Å²) in [5.74, 6) is -0.578. The van der Waals surface area contributed by atoms with Gasteiger partial charge in [0, 0.05) is 5.92 Å². The summed E-state index contributed by atoms with van der Waals surface area (Å²) in [6.45, 7) is 5.99. The normalized spacial score (nSPS) is 27.3. The molecule has 1 aliphatic heterocycles. The highest BCUT2D eigenvalue weighted by molar-refractivity contribution is 5.79. The number of hydrogen-bond acceptors (Lipinski definition) is 4. The highest BCUT2D eigenvalue weighted by Crippen LogP contribution is 2.65. The van der Waals surface area contributed by atoms with Gasteiger partial charge in [0.15, 0.2) is 11.5 Å². The van der Waals surface area contributed by atoms with Crippen LogP contribution in [-0.4, -0.2) is 18.9 Å². The molecule has 1 aromatic rings. The summed E-state index contributed by atoms with van der Waals surface area (Å²) in [7, 11) is 0. The topological polar surface area (TPSA) is 44.8 Å². The van der Waals surface area contributed by atoms with Crippen molar-refractivity contribution in [2.75, 3.05) is 6.61 Å². The van der Waals surface area contributed by atoms with E-state index in [2.05, 4.69) is 9.47 Å². The van der Waals surface area contributed by atoms with Gasteiger partial charge >= 0.3 is 12.3 Å². The Bertz CT molecular complexity index is 597. The maximum atomic E-state index is 13.0. The molecule has 0 unspecified atom stereocenters. The fourth-order valence-corrected chi connectivity index (χ4v) is 3.09. The number of carbonyl (C=O) groups is 1. The molecule has 0 saturated heterocycles. The van der Waals surface area contributed by atoms with E-state index in [-0.39, 0.29) is 34.7 Å². The minimum Gasteiger partial charge on any atom is -0.466 e. The number of rotatable bonds is 3. The molecule has 2 aliphatic rings. The van der Waals surface area contributed by atoms with Crippen molar-refractivity contribution in [3.05, 3.63) is 23.8 Å². The fourth-order valence-electron chi connectivity index (χ4n) is 3.09. The summed E-state index contributed by atoms with van der Waals surface area (Å²) >= 11 is 0. The second-order valence-corrected chi connectivity index (χ2v) is 5.90. The molecule has 0 N–H and O–H groups in total. The van der Waals surface area contributed by atoms with E-state index in [1.165, 1.54) is 12.1 Å². The Kier molecular flexibility index (Phi) is 2.90. The second-order valence-electron chi connectivity index (χ2n) is 5.90. The number of ether oxygens (including phenoxy) is 3. The van der Waals surface area contributed by atoms with Crippen LogP contribution in [0.2, 0.25) is 0 Å². The summed E-state index contributed by atoms with van der Waals surface area (Å²) < 4.78 is 39.9. The zero-order valence-corrected chi connectivity index (χ0v) is 12.0. The van der Waals surface area contributed by atoms with Gasteiger partial charge in [-0.15, -0.1) is 8.78 Å². The largest absolute Gasteiger partial charge is 0.586 e. The van der Waals surface area contributed by atoms with Gasteiger partial charge in [0.1, 0.15) is 0 Å². The number of hydrogen-bond donors (Lipinski definition) is 0. The molecule has 2 atom stereocenters. The molecular weight excluding hydrogens is 282 g/mol. The number of carbonyl (C=O) groups excluding carboxylic acids is 1. The van der Waals surface area contributed by atoms with E-state index in [1.54, 1.807) is 13.0 Å². The predicted octanol–water partition coefficient (Wildman–Crippen LogP) is 3.31. The Balaban J connectivity index is 1.85. The summed E-state index contributed by atoms with van der Waals surface area (Å²) in [5.41, 5.74) is 0.515. The molecule has 1 fully saturated rings. The molecular formula is C15H16F2O4. The summed E-state index contributed by atoms with van der Waals surface area (Å²) in [5, 5.41) is 0. The first-order valence-corrected chi connectivity index (χ1v) is 6.82. The molecule has 0 amide bonds. The van der Waals surface area contributed by atoms with Crippen LogP contribution in [0.15, 0.2) is 18.2 Å². The van der Waals surface area contributed by atoms with Crippen molar-refractivity contribution < 1.29 is 27.8 Å². The minimum atomic E-state index is -3.62. The predicted molar refractivity (Wildman–Crippen MR) is 69.3 cm³/mol. The fraction of sp³-hybridized carbons (Fsp3) is 0.533. The SMILES string of the molecule is CCOC(=O)[C@H]1[C@H](c2ccc3c(c2)OC(F)(F)O3)C1(C)C. The smallest absolute Gasteiger partial charge is 0.466 e. The third-order valence-corrected chi connectivity index (χ3v) is 4.15. The van der Waals surface area contributed by atoms with Gasteiger partial charge in [-0.2, -0.15) is 0 Å². The van der Waals surface area contributed by atoms with Crippen molar-refractivity contribution in [1.82, 2.24) is 0 Å². The Morgan fingerprint density at radius 3 is 2.62 bits per heavy atom. The average molecular weight is 298 g/mol. The molecule has 4 nitrogen and oxygen atoms in total. The maximum absolute atomic E-state index is 13.0. The summed E-state index contributed by atoms with van der Waals surface area (Å²) in [6.07, 6.45) is -3.62. The van der Waals surface area contributed by atoms with E-state index in [1.807, 2.05) is 13.8 Å². The third-order valence-electron chi connectivity index (χ3n) is 4.15. The second kappa shape index (κ2) is 4.32. The van der Waals surface area contributed by atoms with Crippen LogP contribution in [-0.2, 0) is 9.53 Å². The van der Waals surface area contributed by atoms with E-state index < -0.39 is 6.29 Å². The minimum absolute atomic E-state index is 0.00260. The van der Waals surface area contributed by atoms with Gasteiger partial charge in [0.2, 0.25) is 0 Å². The Labute approximate surface area is 121 Å². The molecule has 3 rings (SSSR count). The molecule has 0 radical (unpaired) electrons. The number of benzene rings is 1. The molecule has 1 heterocycles. The highest BCUT2D eigenvalue weighted by Gasteiger charge is 2.63. The Morgan fingerprint density at radius 1 is 1.29 bits per heavy atom. The molecule has 1 aliphatic carbocycles. The van der Waals surface area contributed by atoms with E-state index in [9.17, 15) is 13.6 Å². The quantitative estimate of drug-likeness (QED) is 0.803. The zero-order chi connectivity index (χ0) is 15.4. The number of alkyl halides is 2. The van der Waals surface area contributed by atoms with Crippen molar-refractivity contribution in [3.8, 4) is 11.5 Å². The van der Waals surface area contributed by atoms with Gasteiger partial charge in [0.05, 0.1) is 12.5 Å². The summed E-state index contributed by atoms with van der Waals surface area (Å²) in [4.78, 5) is 11.9. The molecule has 0 bridgehead atoms. The van der Waals surface area contributed by atoms with Gasteiger partial charge < -0.3 is 14.2 Å². The Hall–Kier alpha value is -1.85. The van der Waals surface area contributed by atoms with Gasteiger partial charge in [0.25, 0.3) is 0 Å². The zero-order valence-electron chi connectivity index (χ0n) is 12.0. The highest BCUT2D eigenvalue weighted by atomic mass is 19.3. The van der Waals surface area contributed by atoms with Crippen molar-refractivity contribution >= 4 is 5.97 Å². The van der Waals surface area contributed by atoms with E-state index in [0.717, 1.165) is 5.56 Å². The van der Waals surface area contributed by atoms with E-state index in [0.29, 0.717) is 6.61 Å². The average Bonchev–Trinajstić information content (AvgIpc) is 2.80. The molecule has 21 heavy (non-hydrogen) atoms. The van der Waals surface area contributed by atoms with Crippen molar-refractivity contribution in [3.63, 3.8) is 0 Å². The van der Waals surface area contributed by atoms with E-state index >= 15 is 0 Å². The Morgan fingerprint density at radius 2 is 1.95 bits per heavy atom. The first-order valence-electron chi connectivity index (χ1n) is 6.82. The van der Waals surface area contributed by atoms with Crippen LogP contribution in [0, 0.1) is 11.3 Å². The number of fused-ring (bicyclic) bond motifs is 1. The number of halogens is 2. The third kappa shape index (κ3) is 2.22. The van der Waals surface area contributed by atoms with Gasteiger partial charge in [-0.3, -0.25) is 4.79 Å². The van der Waals surface area contributed by atoms with Crippen LogP contribution < -0.4 is 9.47 Å². The van der Waals surface area contributed by atoms with Gasteiger partial charge in [-0.1, -0.05) is 19.9 Å². The molecule has 1 aromatic carbocycles. The van der Waals surface area contributed by atoms with Crippen LogP contribution in [0.3, 0.4) is 0 Å². The molecule has 6 heteroatoms. The first kappa shape index (κ1) is 14.1. The van der Waals surface area contributed by atoms with Gasteiger partial charge in [-0.05, 0) is 30.0 Å². The lowest BCUT2D eigenvalue weighted by Crippen LogP contribution is -2.25. The first-order chi connectivity index (χ1) is 9.76. The van der Waals surface area contributed by atoms with E-state index in [4.69, 9.17) is 4.74 Å². The monoisotopic (exact) mass is 298 g/mol. The lowest BCUT2D eigenvalue weighted by molar-refractivity contribution is -0.286. The van der Waals surface area contributed by atoms with Crippen LogP contribution in [0.1, 0.15) is 32.3 Å². The summed E-state index contributed by atoms with van der Waals surface area (Å²) in [6, 6.07) is 4.65. The maximum Gasteiger partial charge on any atom is 0.586 e. The van der Waals surface area contributed by atoms with Crippen molar-refractivity contribution in [2.24, 2.45) is 11.3 Å². The van der Waals surface area contributed by atoms with Crippen LogP contribution in [0.4, 0.5) is 8.78 Å². The van der Waals surface area contributed by atoms with Gasteiger partial charge in [-0.25, -0.2) is 0 Å². The van der Waals surface area contributed by atoms with Crippen LogP contribution in [0.5, 0.6) is 11.5 Å². The standard InChI is InChI=1S/C15H16F2O4/c1-4-19-13(18)12-11(14(12,2)3)8-5-6-9-10(7-8)21-15(16,17)20-9/h5-7,11-12H,4H2,1-3H3/t11-,12+/m0/s1. The van der Waals surface area contributed by atoms with Crippen LogP contribution >= 0.6 is 0 Å². The lowest BCUT2D eigenvalue weighted by atomic mass is 10.0. The van der Waals surface area contributed by atoms with Crippen molar-refractivity contribution in [1.29, 1.82) is 0 Å². The van der Waals surface area contributed by atoms with Crippen molar-refractivity contribution in [2.45, 2.75) is 33.0 Å². The molecule has 114 valence electrons. The van der Waals surface area contributed by atoms with Crippen LogP contribution in [0.25, 0.3) is 0 Å².